The summed E-state index contributed by atoms with van der Waals surface area (Å²) in [5.41, 5.74) is 12.8. The summed E-state index contributed by atoms with van der Waals surface area (Å²) in [5.74, 6) is 1.44. The van der Waals surface area contributed by atoms with Gasteiger partial charge < -0.3 is 21.7 Å². The zero-order valence-electron chi connectivity index (χ0n) is 20.2. The molecule has 1 aromatic heterocycles. The molecule has 0 radical (unpaired) electrons. The number of aliphatic imine (C=N–C) groups is 1. The second kappa shape index (κ2) is 13.7. The van der Waals surface area contributed by atoms with Gasteiger partial charge in [-0.25, -0.2) is 4.99 Å². The lowest BCUT2D eigenvalue weighted by atomic mass is 9.66. The topological polar surface area (TPSA) is 146 Å². The number of rotatable bonds is 8. The van der Waals surface area contributed by atoms with Gasteiger partial charge in [-0.15, -0.1) is 0 Å². The van der Waals surface area contributed by atoms with Crippen LogP contribution < -0.4 is 16.2 Å². The Morgan fingerprint density at radius 2 is 2.06 bits per heavy atom. The highest BCUT2D eigenvalue weighted by Crippen LogP contribution is 2.45. The van der Waals surface area contributed by atoms with E-state index in [9.17, 15) is 5.11 Å². The molecular weight excluding hydrogens is 424 g/mol. The Morgan fingerprint density at radius 1 is 1.41 bits per heavy atom. The fraction of sp³-hybridized carbons (Fsp3) is 0.652. The Bertz CT molecular complexity index is 741. The third kappa shape index (κ3) is 8.61. The van der Waals surface area contributed by atoms with Crippen LogP contribution in [0.1, 0.15) is 59.8 Å². The highest BCUT2D eigenvalue weighted by molar-refractivity contribution is 7.96. The van der Waals surface area contributed by atoms with E-state index in [0.29, 0.717) is 36.7 Å². The number of aromatic nitrogens is 2. The number of amidine groups is 1. The summed E-state index contributed by atoms with van der Waals surface area (Å²) in [6.45, 7) is 9.75. The number of allylic oxidation sites excluding steroid dienone is 1. The lowest BCUT2D eigenvalue weighted by Crippen LogP contribution is -2.41. The van der Waals surface area contributed by atoms with Crippen LogP contribution in [0.3, 0.4) is 0 Å². The minimum absolute atomic E-state index is 0.223. The van der Waals surface area contributed by atoms with Crippen LogP contribution in [0.4, 0.5) is 5.82 Å². The molecule has 1 fully saturated rings. The maximum atomic E-state index is 11.4. The summed E-state index contributed by atoms with van der Waals surface area (Å²) >= 11 is 1.52. The van der Waals surface area contributed by atoms with E-state index < -0.39 is 5.60 Å². The van der Waals surface area contributed by atoms with Crippen LogP contribution >= 0.6 is 11.9 Å². The average Bonchev–Trinajstić information content (AvgIpc) is 3.25. The third-order valence-electron chi connectivity index (χ3n) is 5.77. The molecule has 1 aromatic rings. The molecule has 2 rings (SSSR count). The minimum atomic E-state index is -0.920. The smallest absolute Gasteiger partial charge is 0.150 e. The SMILES string of the molecule is CC\C=C(C(=C/N)/C(N)=N/c1ccn[nH]1)\C1(O)CCC(C(C)(C)C)CC1.CSNCCO. The van der Waals surface area contributed by atoms with Crippen LogP contribution in [-0.4, -0.2) is 51.3 Å². The fourth-order valence-electron chi connectivity index (χ4n) is 3.95. The van der Waals surface area contributed by atoms with Crippen molar-refractivity contribution in [1.29, 1.82) is 0 Å². The Labute approximate surface area is 197 Å². The monoisotopic (exact) mass is 466 g/mol. The van der Waals surface area contributed by atoms with Gasteiger partial charge in [0.15, 0.2) is 0 Å². The van der Waals surface area contributed by atoms with Gasteiger partial charge in [0.25, 0.3) is 0 Å². The molecule has 8 N–H and O–H groups in total. The van der Waals surface area contributed by atoms with Gasteiger partial charge in [-0.2, -0.15) is 5.10 Å². The Hall–Kier alpha value is -1.81. The predicted molar refractivity (Wildman–Crippen MR) is 135 cm³/mol. The summed E-state index contributed by atoms with van der Waals surface area (Å²) in [4.78, 5) is 4.35. The van der Waals surface area contributed by atoms with E-state index in [1.807, 2.05) is 19.3 Å². The maximum absolute atomic E-state index is 11.4. The van der Waals surface area contributed by atoms with Gasteiger partial charge in [-0.05, 0) is 55.3 Å². The van der Waals surface area contributed by atoms with Gasteiger partial charge in [0, 0.05) is 24.4 Å². The molecule has 0 bridgehead atoms. The number of aromatic amines is 1. The van der Waals surface area contributed by atoms with Crippen molar-refractivity contribution in [2.24, 2.45) is 27.8 Å². The van der Waals surface area contributed by atoms with E-state index in [4.69, 9.17) is 16.6 Å². The van der Waals surface area contributed by atoms with Gasteiger partial charge in [-0.1, -0.05) is 45.7 Å². The first-order valence-corrected chi connectivity index (χ1v) is 12.4. The molecule has 0 amide bonds. The lowest BCUT2D eigenvalue weighted by molar-refractivity contribution is 0.00628. The standard InChI is InChI=1S/C20H33N5O.C3H9NOS/c1-5-6-16(15(13-21)18(22)24-17-9-12-23-25-17)20(26)10-7-14(8-11-20)19(2,3)4;1-6-4-2-3-5/h6,9,12-14,26H,5,7-8,10-11,21H2,1-4H3,(H3,22,23,24,25);4-5H,2-3H2,1H3/b15-13-,16-6+;. The highest BCUT2D eigenvalue weighted by Gasteiger charge is 2.41. The zero-order chi connectivity index (χ0) is 24.2. The second-order valence-corrected chi connectivity index (χ2v) is 9.74. The van der Waals surface area contributed by atoms with Crippen molar-refractivity contribution >= 4 is 23.6 Å². The summed E-state index contributed by atoms with van der Waals surface area (Å²) < 4.78 is 2.86. The molecule has 182 valence electrons. The first-order valence-electron chi connectivity index (χ1n) is 11.2. The fourth-order valence-corrected chi connectivity index (χ4v) is 4.24. The maximum Gasteiger partial charge on any atom is 0.150 e. The Balaban J connectivity index is 0.000000751. The summed E-state index contributed by atoms with van der Waals surface area (Å²) in [7, 11) is 0. The van der Waals surface area contributed by atoms with Gasteiger partial charge in [-0.3, -0.25) is 9.82 Å². The van der Waals surface area contributed by atoms with E-state index in [1.165, 1.54) is 18.1 Å². The number of nitrogens with one attached hydrogen (secondary N) is 2. The van der Waals surface area contributed by atoms with E-state index in [0.717, 1.165) is 24.8 Å². The zero-order valence-corrected chi connectivity index (χ0v) is 21.0. The van der Waals surface area contributed by atoms with Crippen molar-refractivity contribution in [3.05, 3.63) is 35.7 Å². The number of hydrogen-bond acceptors (Lipinski definition) is 7. The average molecular weight is 467 g/mol. The molecule has 0 unspecified atom stereocenters. The van der Waals surface area contributed by atoms with Crippen LogP contribution in [-0.2, 0) is 0 Å². The summed E-state index contributed by atoms with van der Waals surface area (Å²) in [6, 6.07) is 1.73. The Morgan fingerprint density at radius 3 is 2.47 bits per heavy atom. The molecule has 32 heavy (non-hydrogen) atoms. The van der Waals surface area contributed by atoms with Gasteiger partial charge >= 0.3 is 0 Å². The van der Waals surface area contributed by atoms with Crippen molar-refractivity contribution < 1.29 is 10.2 Å². The second-order valence-electron chi connectivity index (χ2n) is 9.04. The molecule has 1 saturated carbocycles. The number of nitrogens with two attached hydrogens (primary N) is 2. The number of aliphatic hydroxyl groups excluding tert-OH is 1. The molecule has 8 nitrogen and oxygen atoms in total. The van der Waals surface area contributed by atoms with Crippen LogP contribution in [0, 0.1) is 11.3 Å². The molecule has 0 saturated heterocycles. The van der Waals surface area contributed by atoms with E-state index in [1.54, 1.807) is 12.3 Å². The number of hydrogen-bond donors (Lipinski definition) is 6. The number of nitrogens with zero attached hydrogens (tertiary/aromatic N) is 2. The molecule has 0 aromatic carbocycles. The number of aliphatic hydroxyl groups is 2. The van der Waals surface area contributed by atoms with E-state index in [-0.39, 0.29) is 17.9 Å². The van der Waals surface area contributed by atoms with Gasteiger partial charge in [0.2, 0.25) is 0 Å². The highest BCUT2D eigenvalue weighted by atomic mass is 32.2. The van der Waals surface area contributed by atoms with Crippen molar-refractivity contribution in [3.8, 4) is 0 Å². The molecule has 9 heteroatoms. The molecule has 0 spiro atoms. The molecule has 1 heterocycles. The van der Waals surface area contributed by atoms with Crippen LogP contribution in [0.25, 0.3) is 0 Å². The van der Waals surface area contributed by atoms with Crippen LogP contribution in [0.5, 0.6) is 0 Å². The van der Waals surface area contributed by atoms with E-state index >= 15 is 0 Å². The van der Waals surface area contributed by atoms with Crippen LogP contribution in [0.15, 0.2) is 40.7 Å². The van der Waals surface area contributed by atoms with Gasteiger partial charge in [0.05, 0.1) is 18.4 Å². The molecular formula is C23H42N6O2S. The van der Waals surface area contributed by atoms with Crippen molar-refractivity contribution in [2.45, 2.75) is 65.4 Å². The van der Waals surface area contributed by atoms with Gasteiger partial charge in [0.1, 0.15) is 11.7 Å². The molecule has 1 aliphatic carbocycles. The normalized spacial score (nSPS) is 23.0. The quantitative estimate of drug-likeness (QED) is 0.113. The third-order valence-corrected chi connectivity index (χ3v) is 6.26. The van der Waals surface area contributed by atoms with Crippen molar-refractivity contribution in [2.75, 3.05) is 19.4 Å². The van der Waals surface area contributed by atoms with Crippen LogP contribution in [0.2, 0.25) is 0 Å². The predicted octanol–water partition coefficient (Wildman–Crippen LogP) is 3.39. The van der Waals surface area contributed by atoms with Crippen molar-refractivity contribution in [3.63, 3.8) is 0 Å². The summed E-state index contributed by atoms with van der Waals surface area (Å²) in [6.07, 6.45) is 11.2. The minimum Gasteiger partial charge on any atom is -0.404 e. The summed E-state index contributed by atoms with van der Waals surface area (Å²) in [5, 5.41) is 26.2. The number of H-pyrrole nitrogens is 1. The Kier molecular flexibility index (Phi) is 12.1. The molecule has 0 atom stereocenters. The molecule has 1 aliphatic rings. The lowest BCUT2D eigenvalue weighted by Gasteiger charge is -2.43. The van der Waals surface area contributed by atoms with Crippen molar-refractivity contribution in [1.82, 2.24) is 14.9 Å². The first kappa shape index (κ1) is 28.2. The van der Waals surface area contributed by atoms with E-state index in [2.05, 4.69) is 40.7 Å². The molecule has 0 aliphatic heterocycles. The largest absolute Gasteiger partial charge is 0.404 e. The first-order chi connectivity index (χ1) is 15.1.